The van der Waals surface area contributed by atoms with Crippen LogP contribution >= 0.6 is 0 Å². The summed E-state index contributed by atoms with van der Waals surface area (Å²) < 4.78 is 0. The Balaban J connectivity index is 2.02. The summed E-state index contributed by atoms with van der Waals surface area (Å²) in [6.07, 6.45) is 9.06. The van der Waals surface area contributed by atoms with E-state index < -0.39 is 0 Å². The Bertz CT molecular complexity index is 276. The summed E-state index contributed by atoms with van der Waals surface area (Å²) in [7, 11) is 4.78. The van der Waals surface area contributed by atoms with E-state index in [0.717, 1.165) is 5.92 Å². The van der Waals surface area contributed by atoms with E-state index in [2.05, 4.69) is 27.9 Å². The molecule has 0 aliphatic heterocycles. The molecular formula is C14H26N+. The molecule has 0 amide bonds. The van der Waals surface area contributed by atoms with Crippen LogP contribution in [-0.2, 0) is 0 Å². The lowest BCUT2D eigenvalue weighted by atomic mass is 9.42. The maximum atomic E-state index is 2.56. The lowest BCUT2D eigenvalue weighted by Gasteiger charge is -2.65. The molecule has 0 aromatic heterocycles. The van der Waals surface area contributed by atoms with E-state index in [-0.39, 0.29) is 0 Å². The van der Waals surface area contributed by atoms with Gasteiger partial charge in [-0.2, -0.15) is 0 Å². The largest absolute Gasteiger partial charge is 0.335 e. The Kier molecular flexibility index (Phi) is 1.77. The predicted octanol–water partition coefficient (Wildman–Crippen LogP) is 1.88. The summed E-state index contributed by atoms with van der Waals surface area (Å²) in [5.74, 6) is 1.05. The first-order valence-electron chi connectivity index (χ1n) is 6.66. The maximum Gasteiger partial charge on any atom is 0.0985 e. The van der Waals surface area contributed by atoms with Crippen molar-refractivity contribution in [3.63, 3.8) is 0 Å². The fourth-order valence-electron chi connectivity index (χ4n) is 6.01. The van der Waals surface area contributed by atoms with Crippen LogP contribution in [0.2, 0.25) is 0 Å². The van der Waals surface area contributed by atoms with Crippen molar-refractivity contribution in [2.75, 3.05) is 14.1 Å². The van der Waals surface area contributed by atoms with Crippen molar-refractivity contribution >= 4 is 0 Å². The van der Waals surface area contributed by atoms with Crippen LogP contribution in [0.4, 0.5) is 0 Å². The average molecular weight is 208 g/mol. The van der Waals surface area contributed by atoms with Crippen molar-refractivity contribution in [3.8, 4) is 0 Å². The Hall–Kier alpha value is -0.0400. The summed E-state index contributed by atoms with van der Waals surface area (Å²) in [5.41, 5.74) is 2.01. The molecule has 0 aromatic rings. The van der Waals surface area contributed by atoms with Crippen molar-refractivity contribution in [3.05, 3.63) is 0 Å². The predicted molar refractivity (Wildman–Crippen MR) is 62.9 cm³/mol. The first-order valence-corrected chi connectivity index (χ1v) is 6.66. The van der Waals surface area contributed by atoms with Crippen molar-refractivity contribution in [2.45, 2.75) is 57.9 Å². The quantitative estimate of drug-likeness (QED) is 0.671. The van der Waals surface area contributed by atoms with E-state index in [4.69, 9.17) is 0 Å². The van der Waals surface area contributed by atoms with Crippen LogP contribution in [-0.4, -0.2) is 19.6 Å². The number of quaternary nitrogens is 1. The van der Waals surface area contributed by atoms with Crippen LogP contribution in [0.5, 0.6) is 0 Å². The van der Waals surface area contributed by atoms with Crippen LogP contribution in [0, 0.1) is 16.7 Å². The highest BCUT2D eigenvalue weighted by atomic mass is 15.2. The molecule has 4 aliphatic rings. The standard InChI is InChI=1S/C14H25N/c1-12-5-11-6-13(2,8-12)10-14(7-11,9-12)15(3)4/h11H,5-10H2,1-4H3/p+1. The van der Waals surface area contributed by atoms with Crippen molar-refractivity contribution in [1.29, 1.82) is 0 Å². The van der Waals surface area contributed by atoms with Crippen LogP contribution in [0.25, 0.3) is 0 Å². The molecule has 2 atom stereocenters. The molecular weight excluding hydrogens is 182 g/mol. The first-order chi connectivity index (χ1) is 6.85. The summed E-state index contributed by atoms with van der Waals surface area (Å²) >= 11 is 0. The molecule has 4 rings (SSSR count). The zero-order valence-electron chi connectivity index (χ0n) is 10.8. The monoisotopic (exact) mass is 208 g/mol. The second kappa shape index (κ2) is 2.61. The minimum Gasteiger partial charge on any atom is -0.335 e. The van der Waals surface area contributed by atoms with Gasteiger partial charge in [0.05, 0.1) is 19.6 Å². The van der Waals surface area contributed by atoms with Gasteiger partial charge in [-0.05, 0) is 36.0 Å². The Morgan fingerprint density at radius 3 is 1.80 bits per heavy atom. The van der Waals surface area contributed by atoms with Gasteiger partial charge in [-0.25, -0.2) is 0 Å². The zero-order chi connectivity index (χ0) is 10.9. The van der Waals surface area contributed by atoms with Gasteiger partial charge in [0.15, 0.2) is 0 Å². The summed E-state index contributed by atoms with van der Waals surface area (Å²) in [6, 6.07) is 0. The molecule has 1 N–H and O–H groups in total. The van der Waals surface area contributed by atoms with E-state index in [0.29, 0.717) is 16.4 Å². The third-order valence-electron chi connectivity index (χ3n) is 5.69. The molecule has 2 unspecified atom stereocenters. The molecule has 0 spiro atoms. The molecule has 0 radical (unpaired) electrons. The van der Waals surface area contributed by atoms with Gasteiger partial charge in [0, 0.05) is 19.3 Å². The fourth-order valence-corrected chi connectivity index (χ4v) is 6.01. The summed E-state index contributed by atoms with van der Waals surface area (Å²) in [5, 5.41) is 0. The van der Waals surface area contributed by atoms with E-state index in [1.807, 2.05) is 0 Å². The highest BCUT2D eigenvalue weighted by Gasteiger charge is 2.62. The third kappa shape index (κ3) is 1.32. The SMILES string of the molecule is C[NH+](C)C12CC3CC(C)(CC(C)(C3)C1)C2. The molecule has 0 heterocycles. The Labute approximate surface area is 94.2 Å². The molecule has 1 nitrogen and oxygen atoms in total. The van der Waals surface area contributed by atoms with Gasteiger partial charge in [-0.3, -0.25) is 0 Å². The molecule has 86 valence electrons. The molecule has 0 saturated heterocycles. The number of rotatable bonds is 1. The highest BCUT2D eigenvalue weighted by molar-refractivity contribution is 5.10. The van der Waals surface area contributed by atoms with Crippen LogP contribution in [0.1, 0.15) is 52.4 Å². The van der Waals surface area contributed by atoms with E-state index >= 15 is 0 Å². The van der Waals surface area contributed by atoms with Crippen molar-refractivity contribution in [1.82, 2.24) is 0 Å². The van der Waals surface area contributed by atoms with Gasteiger partial charge in [0.25, 0.3) is 0 Å². The second-order valence-electron chi connectivity index (χ2n) is 7.91. The lowest BCUT2D eigenvalue weighted by Crippen LogP contribution is -3.16. The third-order valence-corrected chi connectivity index (χ3v) is 5.69. The summed E-state index contributed by atoms with van der Waals surface area (Å²) in [6.45, 7) is 5.13. The van der Waals surface area contributed by atoms with Gasteiger partial charge in [-0.1, -0.05) is 13.8 Å². The normalized spacial score (nSPS) is 57.8. The van der Waals surface area contributed by atoms with Crippen LogP contribution < -0.4 is 4.90 Å². The first kappa shape index (κ1) is 10.1. The minimum atomic E-state index is 0.642. The van der Waals surface area contributed by atoms with E-state index in [9.17, 15) is 0 Å². The van der Waals surface area contributed by atoms with Gasteiger partial charge in [0.2, 0.25) is 0 Å². The molecule has 15 heavy (non-hydrogen) atoms. The van der Waals surface area contributed by atoms with Crippen LogP contribution in [0.15, 0.2) is 0 Å². The molecule has 0 aromatic carbocycles. The number of hydrogen-bond acceptors (Lipinski definition) is 0. The van der Waals surface area contributed by atoms with Crippen molar-refractivity contribution < 1.29 is 4.90 Å². The molecule has 4 bridgehead atoms. The Morgan fingerprint density at radius 1 is 0.867 bits per heavy atom. The smallest absolute Gasteiger partial charge is 0.0985 e. The van der Waals surface area contributed by atoms with Gasteiger partial charge in [-0.15, -0.1) is 0 Å². The highest BCUT2D eigenvalue weighted by Crippen LogP contribution is 2.65. The zero-order valence-corrected chi connectivity index (χ0v) is 10.8. The second-order valence-corrected chi connectivity index (χ2v) is 7.91. The summed E-state index contributed by atoms with van der Waals surface area (Å²) in [4.78, 5) is 1.73. The maximum absolute atomic E-state index is 2.56. The van der Waals surface area contributed by atoms with Crippen LogP contribution in [0.3, 0.4) is 0 Å². The van der Waals surface area contributed by atoms with Gasteiger partial charge < -0.3 is 4.90 Å². The average Bonchev–Trinajstić information content (AvgIpc) is 1.95. The number of nitrogens with one attached hydrogen (secondary N) is 1. The lowest BCUT2D eigenvalue weighted by molar-refractivity contribution is -0.923. The molecule has 1 heteroatoms. The van der Waals surface area contributed by atoms with Gasteiger partial charge >= 0.3 is 0 Å². The number of hydrogen-bond donors (Lipinski definition) is 1. The van der Waals surface area contributed by atoms with E-state index in [1.165, 1.54) is 38.5 Å². The Morgan fingerprint density at radius 2 is 1.40 bits per heavy atom. The molecule has 4 fully saturated rings. The molecule has 4 aliphatic carbocycles. The minimum absolute atomic E-state index is 0.642. The topological polar surface area (TPSA) is 4.44 Å². The van der Waals surface area contributed by atoms with Crippen molar-refractivity contribution in [2.24, 2.45) is 16.7 Å². The van der Waals surface area contributed by atoms with Gasteiger partial charge in [0.1, 0.15) is 0 Å². The molecule has 4 saturated carbocycles. The fraction of sp³-hybridized carbons (Fsp3) is 1.00. The van der Waals surface area contributed by atoms with E-state index in [1.54, 1.807) is 4.90 Å².